The van der Waals surface area contributed by atoms with Gasteiger partial charge in [-0.15, -0.1) is 0 Å². The lowest BCUT2D eigenvalue weighted by Gasteiger charge is -2.38. The number of aromatic amines is 2. The van der Waals surface area contributed by atoms with Crippen molar-refractivity contribution in [2.24, 2.45) is 0 Å². The first kappa shape index (κ1) is 12.2. The number of nitrogens with one attached hydrogen (secondary N) is 4. The summed E-state index contributed by atoms with van der Waals surface area (Å²) in [5, 5.41) is 5.44. The highest BCUT2D eigenvalue weighted by Crippen LogP contribution is 2.38. The molecule has 8 heteroatoms. The first-order valence-electron chi connectivity index (χ1n) is 5.80. The number of hydrogen-bond donors (Lipinski definition) is 4. The van der Waals surface area contributed by atoms with Crippen molar-refractivity contribution in [3.63, 3.8) is 0 Å². The molecule has 1 aromatic heterocycles. The van der Waals surface area contributed by atoms with Gasteiger partial charge in [-0.2, -0.15) is 0 Å². The van der Waals surface area contributed by atoms with Crippen LogP contribution in [0.5, 0.6) is 0 Å². The molecule has 7 nitrogen and oxygen atoms in total. The molecule has 2 aliphatic rings. The number of H-pyrrole nitrogens is 2. The first-order valence-corrected chi connectivity index (χ1v) is 6.59. The molecule has 1 saturated heterocycles. The average Bonchev–Trinajstić information content (AvgIpc) is 2.90. The van der Waals surface area contributed by atoms with Gasteiger partial charge >= 0.3 is 5.69 Å². The molecule has 0 aliphatic carbocycles. The molecule has 1 aromatic rings. The minimum absolute atomic E-state index is 0.270. The van der Waals surface area contributed by atoms with E-state index in [0.29, 0.717) is 23.1 Å². The molecular weight excluding hydrogens is 316 g/mol. The molecular formula is C11H11BrN4O3. The van der Waals surface area contributed by atoms with Gasteiger partial charge in [0.1, 0.15) is 5.54 Å². The summed E-state index contributed by atoms with van der Waals surface area (Å²) in [5.74, 6) is -0.910. The van der Waals surface area contributed by atoms with Crippen molar-refractivity contribution >= 4 is 27.7 Å². The van der Waals surface area contributed by atoms with Crippen molar-refractivity contribution in [1.82, 2.24) is 20.6 Å². The molecule has 100 valence electrons. The number of piperidine rings is 1. The van der Waals surface area contributed by atoms with E-state index in [4.69, 9.17) is 0 Å². The Morgan fingerprint density at radius 1 is 1.32 bits per heavy atom. The maximum absolute atomic E-state index is 12.2. The van der Waals surface area contributed by atoms with Gasteiger partial charge in [0, 0.05) is 24.4 Å². The van der Waals surface area contributed by atoms with Gasteiger partial charge in [-0.25, -0.2) is 4.79 Å². The van der Waals surface area contributed by atoms with Crippen LogP contribution < -0.4 is 16.3 Å². The third-order valence-corrected chi connectivity index (χ3v) is 4.12. The Balaban J connectivity index is 2.09. The van der Waals surface area contributed by atoms with Crippen LogP contribution in [0.2, 0.25) is 0 Å². The maximum atomic E-state index is 12.2. The van der Waals surface area contributed by atoms with Crippen LogP contribution in [-0.4, -0.2) is 33.9 Å². The number of carbonyl (C=O) groups excluding carboxylic acids is 2. The molecule has 1 fully saturated rings. The summed E-state index contributed by atoms with van der Waals surface area (Å²) in [7, 11) is 0. The molecule has 4 N–H and O–H groups in total. The molecule has 2 atom stereocenters. The van der Waals surface area contributed by atoms with Crippen LogP contribution in [0.15, 0.2) is 21.5 Å². The second-order valence-electron chi connectivity index (χ2n) is 4.61. The van der Waals surface area contributed by atoms with Crippen molar-refractivity contribution < 1.29 is 9.59 Å². The van der Waals surface area contributed by atoms with Crippen LogP contribution in [-0.2, 0) is 9.59 Å². The van der Waals surface area contributed by atoms with Gasteiger partial charge in [-0.05, 0) is 28.4 Å². The van der Waals surface area contributed by atoms with Gasteiger partial charge in [-0.3, -0.25) is 9.59 Å². The van der Waals surface area contributed by atoms with Gasteiger partial charge in [0.15, 0.2) is 0 Å². The standard InChI is InChI=1S/C11H11BrN4O3/c12-6-3-11(16-8(6)17)5(1-2-13-9(11)18)7-4-14-10(19)15-7/h3-5H,1-2H2,(H,13,18)(H,16,17)(H2,14,15,19)/t5-,11-/m1/s1. The van der Waals surface area contributed by atoms with Crippen LogP contribution in [0.3, 0.4) is 0 Å². The van der Waals surface area contributed by atoms with Gasteiger partial charge in [0.05, 0.1) is 4.48 Å². The van der Waals surface area contributed by atoms with Crippen LogP contribution in [0, 0.1) is 0 Å². The topological polar surface area (TPSA) is 107 Å². The second-order valence-corrected chi connectivity index (χ2v) is 5.47. The number of aromatic nitrogens is 2. The van der Waals surface area contributed by atoms with Crippen molar-refractivity contribution in [1.29, 1.82) is 0 Å². The Morgan fingerprint density at radius 3 is 2.68 bits per heavy atom. The number of carbonyl (C=O) groups is 2. The highest BCUT2D eigenvalue weighted by Gasteiger charge is 2.52. The maximum Gasteiger partial charge on any atom is 0.323 e. The van der Waals surface area contributed by atoms with Gasteiger partial charge in [0.25, 0.3) is 11.8 Å². The van der Waals surface area contributed by atoms with E-state index in [1.54, 1.807) is 12.3 Å². The first-order chi connectivity index (χ1) is 9.03. The Morgan fingerprint density at radius 2 is 2.11 bits per heavy atom. The summed E-state index contributed by atoms with van der Waals surface area (Å²) in [6.07, 6.45) is 3.73. The predicted molar refractivity (Wildman–Crippen MR) is 69.7 cm³/mol. The molecule has 0 bridgehead atoms. The van der Waals surface area contributed by atoms with Gasteiger partial charge < -0.3 is 20.6 Å². The molecule has 0 saturated carbocycles. The van der Waals surface area contributed by atoms with E-state index in [1.165, 1.54) is 0 Å². The molecule has 0 unspecified atom stereocenters. The quantitative estimate of drug-likeness (QED) is 0.556. The van der Waals surface area contributed by atoms with E-state index in [0.717, 1.165) is 0 Å². The molecule has 2 aliphatic heterocycles. The Kier molecular flexibility index (Phi) is 2.63. The summed E-state index contributed by atoms with van der Waals surface area (Å²) in [5.41, 5.74) is -0.860. The van der Waals surface area contributed by atoms with E-state index in [1.807, 2.05) is 0 Å². The lowest BCUT2D eigenvalue weighted by atomic mass is 9.77. The summed E-state index contributed by atoms with van der Waals surface area (Å²) >= 11 is 3.14. The largest absolute Gasteiger partial charge is 0.354 e. The Bertz CT molecular complexity index is 646. The van der Waals surface area contributed by atoms with E-state index < -0.39 is 5.54 Å². The SMILES string of the molecule is O=C1N[C@@]2(C=C1Br)C(=O)NCC[C@@H]2c1c[nH]c(=O)[nH]1. The van der Waals surface area contributed by atoms with Crippen LogP contribution >= 0.6 is 15.9 Å². The molecule has 3 rings (SSSR count). The molecule has 0 aromatic carbocycles. The summed E-state index contributed by atoms with van der Waals surface area (Å²) in [6, 6.07) is 0. The minimum atomic E-state index is -1.14. The number of imidazole rings is 1. The summed E-state index contributed by atoms with van der Waals surface area (Å²) in [6.45, 7) is 0.500. The smallest absolute Gasteiger partial charge is 0.323 e. The highest BCUT2D eigenvalue weighted by atomic mass is 79.9. The minimum Gasteiger partial charge on any atom is -0.354 e. The zero-order valence-corrected chi connectivity index (χ0v) is 11.3. The molecule has 0 radical (unpaired) electrons. The van der Waals surface area contributed by atoms with E-state index >= 15 is 0 Å². The van der Waals surface area contributed by atoms with Crippen LogP contribution in [0.4, 0.5) is 0 Å². The fourth-order valence-corrected chi connectivity index (χ4v) is 3.12. The predicted octanol–water partition coefficient (Wildman–Crippen LogP) is -0.546. The molecule has 3 heterocycles. The van der Waals surface area contributed by atoms with Crippen molar-refractivity contribution in [3.05, 3.63) is 32.9 Å². The van der Waals surface area contributed by atoms with E-state index in [9.17, 15) is 14.4 Å². The van der Waals surface area contributed by atoms with Crippen molar-refractivity contribution in [3.8, 4) is 0 Å². The number of amides is 2. The monoisotopic (exact) mass is 326 g/mol. The third kappa shape index (κ3) is 1.74. The van der Waals surface area contributed by atoms with Gasteiger partial charge in [0.2, 0.25) is 0 Å². The van der Waals surface area contributed by atoms with E-state index in [-0.39, 0.29) is 23.4 Å². The number of rotatable bonds is 1. The van der Waals surface area contributed by atoms with Gasteiger partial charge in [-0.1, -0.05) is 0 Å². The Labute approximate surface area is 116 Å². The fraction of sp³-hybridized carbons (Fsp3) is 0.364. The third-order valence-electron chi connectivity index (χ3n) is 3.53. The summed E-state index contributed by atoms with van der Waals surface area (Å²) < 4.78 is 0.326. The van der Waals surface area contributed by atoms with E-state index in [2.05, 4.69) is 36.5 Å². The highest BCUT2D eigenvalue weighted by molar-refractivity contribution is 9.12. The number of hydrogen-bond acceptors (Lipinski definition) is 3. The lowest BCUT2D eigenvalue weighted by molar-refractivity contribution is -0.131. The average molecular weight is 327 g/mol. The zero-order chi connectivity index (χ0) is 13.6. The second kappa shape index (κ2) is 4.09. The summed E-state index contributed by atoms with van der Waals surface area (Å²) in [4.78, 5) is 40.3. The Hall–Kier alpha value is -1.83. The van der Waals surface area contributed by atoms with Crippen molar-refractivity contribution in [2.75, 3.05) is 6.54 Å². The zero-order valence-electron chi connectivity index (χ0n) is 9.75. The normalized spacial score (nSPS) is 30.2. The lowest BCUT2D eigenvalue weighted by Crippen LogP contribution is -2.61. The molecule has 19 heavy (non-hydrogen) atoms. The van der Waals surface area contributed by atoms with Crippen LogP contribution in [0.1, 0.15) is 18.0 Å². The molecule has 1 spiro atoms. The van der Waals surface area contributed by atoms with Crippen LogP contribution in [0.25, 0.3) is 0 Å². The fourth-order valence-electron chi connectivity index (χ4n) is 2.66. The van der Waals surface area contributed by atoms with Crippen molar-refractivity contribution in [2.45, 2.75) is 17.9 Å². The number of halogens is 1. The molecule has 2 amide bonds.